The normalized spacial score (nSPS) is 10.2. The average Bonchev–Trinajstić information content (AvgIpc) is 2.85. The zero-order valence-electron chi connectivity index (χ0n) is 9.59. The van der Waals surface area contributed by atoms with Gasteiger partial charge in [0.1, 0.15) is 5.76 Å². The van der Waals surface area contributed by atoms with Crippen molar-refractivity contribution in [3.05, 3.63) is 52.7 Å². The third kappa shape index (κ3) is 3.11. The lowest BCUT2D eigenvalue weighted by atomic mass is 10.2. The van der Waals surface area contributed by atoms with E-state index in [0.717, 1.165) is 0 Å². The first kappa shape index (κ1) is 13.1. The lowest BCUT2D eigenvalue weighted by molar-refractivity contribution is 0.0660. The number of nitrogens with one attached hydrogen (secondary N) is 1. The van der Waals surface area contributed by atoms with Crippen LogP contribution >= 0.6 is 11.6 Å². The highest BCUT2D eigenvalue weighted by molar-refractivity contribution is 6.33. The number of nitrogens with zero attached hydrogens (tertiary/aromatic N) is 1. The Morgan fingerprint density at radius 2 is 2.16 bits per heavy atom. The molecule has 2 rings (SSSR count). The number of carbonyl (C=O) groups is 2. The van der Waals surface area contributed by atoms with Crippen molar-refractivity contribution in [3.63, 3.8) is 0 Å². The molecule has 0 unspecified atom stereocenters. The number of rotatable bonds is 4. The lowest BCUT2D eigenvalue weighted by Crippen LogP contribution is -2.22. The van der Waals surface area contributed by atoms with Gasteiger partial charge in [0, 0.05) is 12.4 Å². The molecular formula is C12H9ClN2O4. The second-order valence-electron chi connectivity index (χ2n) is 3.61. The summed E-state index contributed by atoms with van der Waals surface area (Å²) in [7, 11) is 0. The van der Waals surface area contributed by atoms with E-state index < -0.39 is 5.97 Å². The molecule has 0 spiro atoms. The Kier molecular flexibility index (Phi) is 3.82. The number of aromatic nitrogens is 1. The molecule has 2 heterocycles. The Balaban J connectivity index is 2.00. The maximum atomic E-state index is 11.8. The SMILES string of the molecule is O=C(O)c1ccc(CNC(=O)c2ccncc2Cl)o1. The largest absolute Gasteiger partial charge is 0.475 e. The van der Waals surface area contributed by atoms with Crippen molar-refractivity contribution in [1.29, 1.82) is 0 Å². The van der Waals surface area contributed by atoms with Crippen molar-refractivity contribution in [2.75, 3.05) is 0 Å². The molecule has 0 aliphatic heterocycles. The van der Waals surface area contributed by atoms with Crippen molar-refractivity contribution < 1.29 is 19.1 Å². The van der Waals surface area contributed by atoms with Crippen molar-refractivity contribution in [2.45, 2.75) is 6.54 Å². The predicted molar refractivity (Wildman–Crippen MR) is 66.1 cm³/mol. The van der Waals surface area contributed by atoms with Gasteiger partial charge in [-0.05, 0) is 18.2 Å². The first-order valence-corrected chi connectivity index (χ1v) is 5.65. The summed E-state index contributed by atoms with van der Waals surface area (Å²) in [6, 6.07) is 4.30. The number of carboxylic acid groups (broad SMARTS) is 1. The fourth-order valence-corrected chi connectivity index (χ4v) is 1.61. The van der Waals surface area contributed by atoms with Crippen LogP contribution in [-0.4, -0.2) is 22.0 Å². The Morgan fingerprint density at radius 3 is 2.79 bits per heavy atom. The van der Waals surface area contributed by atoms with Gasteiger partial charge in [-0.2, -0.15) is 0 Å². The number of halogens is 1. The molecule has 0 bridgehead atoms. The molecule has 6 nitrogen and oxygen atoms in total. The van der Waals surface area contributed by atoms with Crippen LogP contribution in [0.4, 0.5) is 0 Å². The van der Waals surface area contributed by atoms with E-state index in [1.54, 1.807) is 0 Å². The van der Waals surface area contributed by atoms with Gasteiger partial charge in [-0.25, -0.2) is 4.79 Å². The molecule has 7 heteroatoms. The van der Waals surface area contributed by atoms with Gasteiger partial charge in [-0.1, -0.05) is 11.6 Å². The van der Waals surface area contributed by atoms with Crippen LogP contribution in [0.5, 0.6) is 0 Å². The number of furan rings is 1. The van der Waals surface area contributed by atoms with Gasteiger partial charge in [0.25, 0.3) is 5.91 Å². The number of aromatic carboxylic acids is 1. The van der Waals surface area contributed by atoms with Crippen LogP contribution in [0, 0.1) is 0 Å². The highest BCUT2D eigenvalue weighted by Gasteiger charge is 2.12. The van der Waals surface area contributed by atoms with Crippen molar-refractivity contribution in [2.24, 2.45) is 0 Å². The van der Waals surface area contributed by atoms with Crippen LogP contribution in [0.2, 0.25) is 5.02 Å². The Bertz CT molecular complexity index is 624. The van der Waals surface area contributed by atoms with Gasteiger partial charge >= 0.3 is 5.97 Å². The van der Waals surface area contributed by atoms with Gasteiger partial charge < -0.3 is 14.8 Å². The van der Waals surface area contributed by atoms with Gasteiger partial charge in [0.05, 0.1) is 17.1 Å². The van der Waals surface area contributed by atoms with Crippen molar-refractivity contribution in [3.8, 4) is 0 Å². The molecule has 0 fully saturated rings. The smallest absolute Gasteiger partial charge is 0.371 e. The standard InChI is InChI=1S/C12H9ClN2O4/c13-9-6-14-4-3-8(9)11(16)15-5-7-1-2-10(19-7)12(17)18/h1-4,6H,5H2,(H,15,16)(H,17,18). The summed E-state index contributed by atoms with van der Waals surface area (Å²) >= 11 is 5.82. The highest BCUT2D eigenvalue weighted by atomic mass is 35.5. The third-order valence-corrected chi connectivity index (χ3v) is 2.61. The quantitative estimate of drug-likeness (QED) is 0.893. The van der Waals surface area contributed by atoms with Crippen molar-refractivity contribution >= 4 is 23.5 Å². The summed E-state index contributed by atoms with van der Waals surface area (Å²) in [5.74, 6) is -1.38. The molecule has 0 radical (unpaired) electrons. The average molecular weight is 281 g/mol. The molecule has 2 N–H and O–H groups in total. The van der Waals surface area contributed by atoms with Crippen LogP contribution in [0.25, 0.3) is 0 Å². The van der Waals surface area contributed by atoms with E-state index in [1.807, 2.05) is 0 Å². The molecule has 19 heavy (non-hydrogen) atoms. The molecular weight excluding hydrogens is 272 g/mol. The summed E-state index contributed by atoms with van der Waals surface area (Å²) < 4.78 is 5.00. The van der Waals surface area contributed by atoms with E-state index in [0.29, 0.717) is 11.3 Å². The molecule has 0 atom stereocenters. The number of carboxylic acids is 1. The lowest BCUT2D eigenvalue weighted by Gasteiger charge is -2.04. The first-order chi connectivity index (χ1) is 9.08. The zero-order valence-corrected chi connectivity index (χ0v) is 10.3. The number of hydrogen-bond donors (Lipinski definition) is 2. The Labute approximate surface area is 113 Å². The number of amides is 1. The minimum atomic E-state index is -1.16. The highest BCUT2D eigenvalue weighted by Crippen LogP contribution is 2.13. The van der Waals surface area contributed by atoms with Gasteiger partial charge in [-0.3, -0.25) is 9.78 Å². The topological polar surface area (TPSA) is 92.4 Å². The first-order valence-electron chi connectivity index (χ1n) is 5.27. The molecule has 0 aromatic carbocycles. The summed E-state index contributed by atoms with van der Waals surface area (Å²) in [5, 5.41) is 11.5. The monoisotopic (exact) mass is 280 g/mol. The Morgan fingerprint density at radius 1 is 1.37 bits per heavy atom. The minimum Gasteiger partial charge on any atom is -0.475 e. The van der Waals surface area contributed by atoms with Gasteiger partial charge in [-0.15, -0.1) is 0 Å². The van der Waals surface area contributed by atoms with E-state index in [-0.39, 0.29) is 23.2 Å². The molecule has 2 aromatic rings. The second kappa shape index (κ2) is 5.53. The van der Waals surface area contributed by atoms with Crippen LogP contribution in [-0.2, 0) is 6.54 Å². The molecule has 98 valence electrons. The summed E-state index contributed by atoms with van der Waals surface area (Å²) in [4.78, 5) is 26.2. The van der Waals surface area contributed by atoms with Crippen LogP contribution in [0.1, 0.15) is 26.7 Å². The molecule has 0 aliphatic rings. The van der Waals surface area contributed by atoms with Gasteiger partial charge in [0.15, 0.2) is 0 Å². The number of pyridine rings is 1. The molecule has 2 aromatic heterocycles. The molecule has 0 saturated carbocycles. The van der Waals surface area contributed by atoms with E-state index in [1.165, 1.54) is 30.6 Å². The fraction of sp³-hybridized carbons (Fsp3) is 0.0833. The molecule has 0 aliphatic carbocycles. The molecule has 1 amide bonds. The van der Waals surface area contributed by atoms with E-state index >= 15 is 0 Å². The fourth-order valence-electron chi connectivity index (χ4n) is 1.41. The zero-order chi connectivity index (χ0) is 13.8. The van der Waals surface area contributed by atoms with Crippen LogP contribution in [0.3, 0.4) is 0 Å². The van der Waals surface area contributed by atoms with E-state index in [4.69, 9.17) is 21.1 Å². The van der Waals surface area contributed by atoms with E-state index in [2.05, 4.69) is 10.3 Å². The summed E-state index contributed by atoms with van der Waals surface area (Å²) in [6.45, 7) is 0.0742. The van der Waals surface area contributed by atoms with Crippen LogP contribution < -0.4 is 5.32 Å². The number of hydrogen-bond acceptors (Lipinski definition) is 4. The summed E-state index contributed by atoms with van der Waals surface area (Å²) in [6.07, 6.45) is 2.82. The van der Waals surface area contributed by atoms with Crippen LogP contribution in [0.15, 0.2) is 35.0 Å². The predicted octanol–water partition coefficient (Wildman–Crippen LogP) is 1.96. The number of carbonyl (C=O) groups excluding carboxylic acids is 1. The molecule has 0 saturated heterocycles. The third-order valence-electron chi connectivity index (χ3n) is 2.31. The maximum absolute atomic E-state index is 11.8. The van der Waals surface area contributed by atoms with E-state index in [9.17, 15) is 9.59 Å². The second-order valence-corrected chi connectivity index (χ2v) is 4.02. The van der Waals surface area contributed by atoms with Crippen molar-refractivity contribution in [1.82, 2.24) is 10.3 Å². The maximum Gasteiger partial charge on any atom is 0.371 e. The minimum absolute atomic E-state index is 0.0742. The Hall–Kier alpha value is -2.34. The summed E-state index contributed by atoms with van der Waals surface area (Å²) in [5.41, 5.74) is 0.293. The van der Waals surface area contributed by atoms with Gasteiger partial charge in [0.2, 0.25) is 5.76 Å².